The van der Waals surface area contributed by atoms with E-state index in [0.29, 0.717) is 25.5 Å². The Morgan fingerprint density at radius 2 is 2.25 bits per heavy atom. The molecule has 0 saturated carbocycles. The maximum Gasteiger partial charge on any atom is 0.323 e. The van der Waals surface area contributed by atoms with E-state index in [1.54, 1.807) is 11.3 Å². The number of ether oxygens (including phenoxy) is 1. The van der Waals surface area contributed by atoms with Crippen LogP contribution in [-0.4, -0.2) is 35.8 Å². The van der Waals surface area contributed by atoms with Crippen LogP contribution in [0.2, 0.25) is 0 Å². The van der Waals surface area contributed by atoms with Gasteiger partial charge in [0.1, 0.15) is 11.5 Å². The quantitative estimate of drug-likeness (QED) is 0.504. The van der Waals surface area contributed by atoms with Gasteiger partial charge in [-0.1, -0.05) is 35.9 Å². The van der Waals surface area contributed by atoms with Crippen molar-refractivity contribution < 1.29 is 14.1 Å². The molecule has 1 N–H and O–H groups in total. The van der Waals surface area contributed by atoms with Gasteiger partial charge in [-0.05, 0) is 66.3 Å². The van der Waals surface area contributed by atoms with Crippen LogP contribution >= 0.6 is 11.3 Å². The van der Waals surface area contributed by atoms with E-state index in [1.807, 2.05) is 30.9 Å². The van der Waals surface area contributed by atoms with Crippen LogP contribution in [0, 0.1) is 19.8 Å². The Kier molecular flexibility index (Phi) is 6.95. The predicted octanol–water partition coefficient (Wildman–Crippen LogP) is 5.93. The van der Waals surface area contributed by atoms with Crippen molar-refractivity contribution in [1.29, 1.82) is 0 Å². The molecule has 168 valence electrons. The van der Waals surface area contributed by atoms with Crippen molar-refractivity contribution >= 4 is 29.3 Å². The summed E-state index contributed by atoms with van der Waals surface area (Å²) < 4.78 is 11.1. The predicted molar refractivity (Wildman–Crippen MR) is 128 cm³/mol. The number of aromatic nitrogens is 1. The molecule has 1 saturated heterocycles. The standard InChI is InChI=1S/C25H29N3O3S/c1-17-15-28(25(29)26-24-18(2)19(3)31-27-24)10-7-22(17)13-21-5-4-6-23(14-21)30-11-8-20-9-12-32-16-20/h4-6,9,12-14,16-17H,7-8,10-11,15H2,1-3H3,(H,26,27,29)/b22-13+. The van der Waals surface area contributed by atoms with Gasteiger partial charge < -0.3 is 14.2 Å². The number of thiophene rings is 1. The molecule has 1 unspecified atom stereocenters. The van der Waals surface area contributed by atoms with Gasteiger partial charge >= 0.3 is 6.03 Å². The smallest absolute Gasteiger partial charge is 0.323 e. The third-order valence-corrected chi connectivity index (χ3v) is 6.65. The number of hydrogen-bond acceptors (Lipinski definition) is 5. The van der Waals surface area contributed by atoms with Gasteiger partial charge in [-0.2, -0.15) is 11.3 Å². The first kappa shape index (κ1) is 22.1. The monoisotopic (exact) mass is 451 g/mol. The number of aryl methyl sites for hydroxylation is 1. The highest BCUT2D eigenvalue weighted by molar-refractivity contribution is 7.07. The maximum absolute atomic E-state index is 12.7. The van der Waals surface area contributed by atoms with Gasteiger partial charge in [-0.15, -0.1) is 0 Å². The molecule has 2 aromatic heterocycles. The molecular formula is C25H29N3O3S. The molecule has 3 heterocycles. The molecule has 7 heteroatoms. The summed E-state index contributed by atoms with van der Waals surface area (Å²) >= 11 is 1.71. The number of amides is 2. The van der Waals surface area contributed by atoms with Gasteiger partial charge in [0.2, 0.25) is 0 Å². The topological polar surface area (TPSA) is 67.6 Å². The van der Waals surface area contributed by atoms with Crippen LogP contribution in [0.15, 0.2) is 51.2 Å². The molecule has 1 fully saturated rings. The van der Waals surface area contributed by atoms with E-state index in [2.05, 4.69) is 52.4 Å². The first-order valence-corrected chi connectivity index (χ1v) is 11.9. The van der Waals surface area contributed by atoms with Crippen molar-refractivity contribution in [2.75, 3.05) is 25.0 Å². The number of urea groups is 1. The van der Waals surface area contributed by atoms with Crippen LogP contribution in [0.5, 0.6) is 5.75 Å². The first-order chi connectivity index (χ1) is 15.5. The molecule has 1 aliphatic rings. The fourth-order valence-electron chi connectivity index (χ4n) is 3.79. The molecule has 0 spiro atoms. The average Bonchev–Trinajstić information content (AvgIpc) is 3.41. The van der Waals surface area contributed by atoms with Gasteiger partial charge in [-0.3, -0.25) is 5.32 Å². The van der Waals surface area contributed by atoms with E-state index in [9.17, 15) is 4.79 Å². The van der Waals surface area contributed by atoms with Gasteiger partial charge in [0, 0.05) is 25.1 Å². The molecule has 6 nitrogen and oxygen atoms in total. The number of hydrogen-bond donors (Lipinski definition) is 1. The van der Waals surface area contributed by atoms with Gasteiger partial charge in [0.05, 0.1) is 6.61 Å². The Balaban J connectivity index is 1.33. The molecule has 32 heavy (non-hydrogen) atoms. The lowest BCUT2D eigenvalue weighted by Crippen LogP contribution is -2.42. The van der Waals surface area contributed by atoms with Crippen molar-refractivity contribution in [1.82, 2.24) is 10.1 Å². The highest BCUT2D eigenvalue weighted by atomic mass is 32.1. The summed E-state index contributed by atoms with van der Waals surface area (Å²) in [5, 5.41) is 11.0. The second-order valence-electron chi connectivity index (χ2n) is 8.26. The summed E-state index contributed by atoms with van der Waals surface area (Å²) in [7, 11) is 0. The summed E-state index contributed by atoms with van der Waals surface area (Å²) in [6, 6.07) is 10.2. The minimum Gasteiger partial charge on any atom is -0.493 e. The lowest BCUT2D eigenvalue weighted by atomic mass is 9.91. The van der Waals surface area contributed by atoms with Crippen molar-refractivity contribution in [2.45, 2.75) is 33.6 Å². The zero-order valence-corrected chi connectivity index (χ0v) is 19.6. The van der Waals surface area contributed by atoms with Crippen LogP contribution in [0.25, 0.3) is 6.08 Å². The average molecular weight is 452 g/mol. The summed E-state index contributed by atoms with van der Waals surface area (Å²) in [5.74, 6) is 2.38. The second kappa shape index (κ2) is 10.0. The first-order valence-electron chi connectivity index (χ1n) is 10.9. The maximum atomic E-state index is 12.7. The highest BCUT2D eigenvalue weighted by Crippen LogP contribution is 2.27. The minimum absolute atomic E-state index is 0.131. The van der Waals surface area contributed by atoms with Crippen LogP contribution in [-0.2, 0) is 6.42 Å². The Morgan fingerprint density at radius 1 is 1.38 bits per heavy atom. The second-order valence-corrected chi connectivity index (χ2v) is 9.04. The van der Waals surface area contributed by atoms with Gasteiger partial charge in [0.25, 0.3) is 0 Å². The Labute approximate surface area is 192 Å². The van der Waals surface area contributed by atoms with Crippen LogP contribution in [0.4, 0.5) is 10.6 Å². The largest absolute Gasteiger partial charge is 0.493 e. The summed E-state index contributed by atoms with van der Waals surface area (Å²) in [4.78, 5) is 14.5. The van der Waals surface area contributed by atoms with Crippen LogP contribution in [0.1, 0.15) is 35.8 Å². The SMILES string of the molecule is Cc1onc(NC(=O)N2CC/C(=C\c3cccc(OCCc4ccsc4)c3)C(C)C2)c1C. The molecule has 2 amide bonds. The van der Waals surface area contributed by atoms with Crippen molar-refractivity contribution in [3.63, 3.8) is 0 Å². The number of rotatable bonds is 6. The molecule has 0 bridgehead atoms. The van der Waals surface area contributed by atoms with Crippen LogP contribution < -0.4 is 10.1 Å². The van der Waals surface area contributed by atoms with Gasteiger partial charge in [0.15, 0.2) is 5.82 Å². The molecule has 1 aromatic carbocycles. The Morgan fingerprint density at radius 3 is 2.97 bits per heavy atom. The normalized spacial score (nSPS) is 17.5. The molecule has 1 aliphatic heterocycles. The zero-order chi connectivity index (χ0) is 22.5. The molecule has 4 rings (SSSR count). The molecular weight excluding hydrogens is 422 g/mol. The number of carbonyl (C=O) groups excluding carboxylic acids is 1. The lowest BCUT2D eigenvalue weighted by Gasteiger charge is -2.33. The van der Waals surface area contributed by atoms with Crippen molar-refractivity contribution in [3.05, 3.63) is 69.1 Å². The Hall–Kier alpha value is -3.06. The fraction of sp³-hybridized carbons (Fsp3) is 0.360. The van der Waals surface area contributed by atoms with Crippen molar-refractivity contribution in [3.8, 4) is 5.75 Å². The third-order valence-electron chi connectivity index (χ3n) is 5.92. The number of nitrogens with zero attached hydrogens (tertiary/aromatic N) is 2. The van der Waals surface area contributed by atoms with E-state index in [0.717, 1.165) is 35.5 Å². The number of carbonyl (C=O) groups is 1. The number of benzene rings is 1. The number of likely N-dealkylation sites (tertiary alicyclic amines) is 1. The highest BCUT2D eigenvalue weighted by Gasteiger charge is 2.25. The van der Waals surface area contributed by atoms with Crippen LogP contribution in [0.3, 0.4) is 0 Å². The minimum atomic E-state index is -0.131. The van der Waals surface area contributed by atoms with E-state index < -0.39 is 0 Å². The number of nitrogens with one attached hydrogen (secondary N) is 1. The third kappa shape index (κ3) is 5.40. The molecule has 0 radical (unpaired) electrons. The summed E-state index contributed by atoms with van der Waals surface area (Å²) in [5.41, 5.74) is 4.65. The van der Waals surface area contributed by atoms with E-state index in [4.69, 9.17) is 9.26 Å². The van der Waals surface area contributed by atoms with E-state index in [-0.39, 0.29) is 11.9 Å². The lowest BCUT2D eigenvalue weighted by molar-refractivity contribution is 0.197. The molecule has 3 aromatic rings. The fourth-order valence-corrected chi connectivity index (χ4v) is 4.50. The number of anilines is 1. The number of piperidine rings is 1. The summed E-state index contributed by atoms with van der Waals surface area (Å²) in [6.45, 7) is 7.90. The zero-order valence-electron chi connectivity index (χ0n) is 18.8. The van der Waals surface area contributed by atoms with Gasteiger partial charge in [-0.25, -0.2) is 4.79 Å². The molecule has 0 aliphatic carbocycles. The van der Waals surface area contributed by atoms with E-state index in [1.165, 1.54) is 11.1 Å². The Bertz CT molecular complexity index is 1090. The van der Waals surface area contributed by atoms with Crippen molar-refractivity contribution in [2.24, 2.45) is 5.92 Å². The summed E-state index contributed by atoms with van der Waals surface area (Å²) in [6.07, 6.45) is 3.99. The molecule has 1 atom stereocenters. The van der Waals surface area contributed by atoms with E-state index >= 15 is 0 Å².